The molecule has 132 valence electrons. The SMILES string of the molecule is O=C(CCc1ccc(Cl)cc1)N1CCN(C(=O)Cn2cnnn2)CC1. The molecule has 1 saturated heterocycles. The lowest BCUT2D eigenvalue weighted by Gasteiger charge is -2.34. The molecule has 1 aromatic heterocycles. The standard InChI is InChI=1S/C16H19ClN6O2/c17-14-4-1-13(2-5-14)3-6-15(24)21-7-9-22(10-8-21)16(25)11-23-12-18-19-20-23/h1-2,4-5,12H,3,6-11H2. The highest BCUT2D eigenvalue weighted by molar-refractivity contribution is 6.30. The van der Waals surface area contributed by atoms with E-state index in [9.17, 15) is 9.59 Å². The predicted octanol–water partition coefficient (Wildman–Crippen LogP) is 0.630. The average Bonchev–Trinajstić information content (AvgIpc) is 3.14. The molecule has 2 amide bonds. The third-order valence-electron chi connectivity index (χ3n) is 4.21. The molecule has 2 heterocycles. The first-order chi connectivity index (χ1) is 12.1. The van der Waals surface area contributed by atoms with E-state index < -0.39 is 0 Å². The first-order valence-electron chi connectivity index (χ1n) is 8.12. The van der Waals surface area contributed by atoms with Gasteiger partial charge in [0.1, 0.15) is 12.9 Å². The third-order valence-corrected chi connectivity index (χ3v) is 4.47. The minimum absolute atomic E-state index is 0.0411. The van der Waals surface area contributed by atoms with Crippen molar-refractivity contribution in [3.63, 3.8) is 0 Å². The Morgan fingerprint density at radius 2 is 1.64 bits per heavy atom. The number of halogens is 1. The molecule has 1 aromatic carbocycles. The number of piperazine rings is 1. The second-order valence-electron chi connectivity index (χ2n) is 5.90. The Kier molecular flexibility index (Phi) is 5.60. The van der Waals surface area contributed by atoms with Crippen molar-refractivity contribution in [3.05, 3.63) is 41.2 Å². The molecular weight excluding hydrogens is 344 g/mol. The molecule has 1 aliphatic rings. The zero-order chi connectivity index (χ0) is 17.6. The lowest BCUT2D eigenvalue weighted by molar-refractivity contribution is -0.140. The van der Waals surface area contributed by atoms with E-state index in [4.69, 9.17) is 11.6 Å². The van der Waals surface area contributed by atoms with E-state index in [1.54, 1.807) is 4.90 Å². The van der Waals surface area contributed by atoms with E-state index >= 15 is 0 Å². The van der Waals surface area contributed by atoms with Gasteiger partial charge in [0, 0.05) is 37.6 Å². The van der Waals surface area contributed by atoms with Gasteiger partial charge in [-0.05, 0) is 34.5 Å². The zero-order valence-electron chi connectivity index (χ0n) is 13.7. The number of carbonyl (C=O) groups excluding carboxylic acids is 2. The number of hydrogen-bond donors (Lipinski definition) is 0. The monoisotopic (exact) mass is 362 g/mol. The van der Waals surface area contributed by atoms with Gasteiger partial charge < -0.3 is 9.80 Å². The molecule has 3 rings (SSSR count). The smallest absolute Gasteiger partial charge is 0.244 e. The summed E-state index contributed by atoms with van der Waals surface area (Å²) in [6.45, 7) is 2.31. The molecule has 25 heavy (non-hydrogen) atoms. The molecule has 0 aliphatic carbocycles. The molecule has 0 N–H and O–H groups in total. The van der Waals surface area contributed by atoms with Crippen LogP contribution in [0.5, 0.6) is 0 Å². The summed E-state index contributed by atoms with van der Waals surface area (Å²) in [4.78, 5) is 28.1. The van der Waals surface area contributed by atoms with E-state index in [2.05, 4.69) is 15.5 Å². The normalized spacial score (nSPS) is 14.6. The van der Waals surface area contributed by atoms with Crippen LogP contribution in [-0.4, -0.2) is 68.0 Å². The van der Waals surface area contributed by atoms with Crippen LogP contribution in [0.25, 0.3) is 0 Å². The van der Waals surface area contributed by atoms with Crippen LogP contribution in [0.15, 0.2) is 30.6 Å². The van der Waals surface area contributed by atoms with Crippen LogP contribution in [0.4, 0.5) is 0 Å². The van der Waals surface area contributed by atoms with Gasteiger partial charge >= 0.3 is 0 Å². The van der Waals surface area contributed by atoms with Gasteiger partial charge in [0.15, 0.2) is 0 Å². The average molecular weight is 363 g/mol. The van der Waals surface area contributed by atoms with E-state index in [0.29, 0.717) is 44.0 Å². The van der Waals surface area contributed by atoms with E-state index in [-0.39, 0.29) is 18.4 Å². The van der Waals surface area contributed by atoms with Gasteiger partial charge in [0.25, 0.3) is 0 Å². The maximum absolute atomic E-state index is 12.3. The topological polar surface area (TPSA) is 84.2 Å². The number of tetrazole rings is 1. The zero-order valence-corrected chi connectivity index (χ0v) is 14.5. The Balaban J connectivity index is 1.42. The van der Waals surface area contributed by atoms with Crippen molar-refractivity contribution in [3.8, 4) is 0 Å². The molecule has 0 atom stereocenters. The van der Waals surface area contributed by atoms with Crippen molar-refractivity contribution in [2.24, 2.45) is 0 Å². The summed E-state index contributed by atoms with van der Waals surface area (Å²) >= 11 is 5.86. The Morgan fingerprint density at radius 1 is 1.00 bits per heavy atom. The fourth-order valence-electron chi connectivity index (χ4n) is 2.76. The Labute approximate surface area is 150 Å². The Morgan fingerprint density at radius 3 is 2.24 bits per heavy atom. The van der Waals surface area contributed by atoms with Crippen molar-refractivity contribution in [1.82, 2.24) is 30.0 Å². The lowest BCUT2D eigenvalue weighted by atomic mass is 10.1. The summed E-state index contributed by atoms with van der Waals surface area (Å²) < 4.78 is 1.39. The quantitative estimate of drug-likeness (QED) is 0.779. The molecule has 9 heteroatoms. The molecule has 0 radical (unpaired) electrons. The number of carbonyl (C=O) groups is 2. The molecule has 1 aliphatic heterocycles. The van der Waals surface area contributed by atoms with E-state index in [1.165, 1.54) is 11.0 Å². The first kappa shape index (κ1) is 17.3. The first-order valence-corrected chi connectivity index (χ1v) is 8.50. The second-order valence-corrected chi connectivity index (χ2v) is 6.33. The number of benzene rings is 1. The highest BCUT2D eigenvalue weighted by Gasteiger charge is 2.24. The number of hydrogen-bond acceptors (Lipinski definition) is 5. The summed E-state index contributed by atoms with van der Waals surface area (Å²) in [6, 6.07) is 7.53. The van der Waals surface area contributed by atoms with Crippen molar-refractivity contribution in [2.45, 2.75) is 19.4 Å². The maximum Gasteiger partial charge on any atom is 0.244 e. The van der Waals surface area contributed by atoms with Crippen LogP contribution in [0.1, 0.15) is 12.0 Å². The van der Waals surface area contributed by atoms with E-state index in [1.807, 2.05) is 29.2 Å². The van der Waals surface area contributed by atoms with Crippen LogP contribution >= 0.6 is 11.6 Å². The van der Waals surface area contributed by atoms with Gasteiger partial charge in [0.2, 0.25) is 11.8 Å². The van der Waals surface area contributed by atoms with Crippen molar-refractivity contribution in [2.75, 3.05) is 26.2 Å². The van der Waals surface area contributed by atoms with Crippen LogP contribution in [-0.2, 0) is 22.6 Å². The predicted molar refractivity (Wildman–Crippen MR) is 90.8 cm³/mol. The molecule has 8 nitrogen and oxygen atoms in total. The summed E-state index contributed by atoms with van der Waals surface area (Å²) in [6.07, 6.45) is 2.56. The molecule has 0 spiro atoms. The fraction of sp³-hybridized carbons (Fsp3) is 0.438. The molecular formula is C16H19ClN6O2. The van der Waals surface area contributed by atoms with Gasteiger partial charge in [-0.25, -0.2) is 4.68 Å². The Bertz CT molecular complexity index is 711. The van der Waals surface area contributed by atoms with Gasteiger partial charge in [0.05, 0.1) is 0 Å². The highest BCUT2D eigenvalue weighted by Crippen LogP contribution is 2.12. The summed E-state index contributed by atoms with van der Waals surface area (Å²) in [5.41, 5.74) is 1.09. The minimum atomic E-state index is -0.0411. The van der Waals surface area contributed by atoms with Gasteiger partial charge in [-0.1, -0.05) is 23.7 Å². The van der Waals surface area contributed by atoms with Crippen LogP contribution < -0.4 is 0 Å². The summed E-state index contributed by atoms with van der Waals surface area (Å²) in [5, 5.41) is 11.4. The maximum atomic E-state index is 12.3. The molecule has 1 fully saturated rings. The van der Waals surface area contributed by atoms with Crippen molar-refractivity contribution < 1.29 is 9.59 Å². The largest absolute Gasteiger partial charge is 0.339 e. The molecule has 0 unspecified atom stereocenters. The van der Waals surface area contributed by atoms with Crippen molar-refractivity contribution in [1.29, 1.82) is 0 Å². The molecule has 0 saturated carbocycles. The van der Waals surface area contributed by atoms with Crippen LogP contribution in [0.3, 0.4) is 0 Å². The number of amides is 2. The fourth-order valence-corrected chi connectivity index (χ4v) is 2.88. The molecule has 2 aromatic rings. The number of nitrogens with zero attached hydrogens (tertiary/aromatic N) is 6. The van der Waals surface area contributed by atoms with Gasteiger partial charge in [-0.3, -0.25) is 9.59 Å². The van der Waals surface area contributed by atoms with Crippen LogP contribution in [0, 0.1) is 0 Å². The Hall–Kier alpha value is -2.48. The number of aryl methyl sites for hydroxylation is 1. The van der Waals surface area contributed by atoms with Crippen molar-refractivity contribution >= 4 is 23.4 Å². The van der Waals surface area contributed by atoms with Crippen LogP contribution in [0.2, 0.25) is 5.02 Å². The third kappa shape index (κ3) is 4.76. The van der Waals surface area contributed by atoms with E-state index in [0.717, 1.165) is 5.56 Å². The lowest BCUT2D eigenvalue weighted by Crippen LogP contribution is -2.51. The number of aromatic nitrogens is 4. The molecule has 0 bridgehead atoms. The van der Waals surface area contributed by atoms with Gasteiger partial charge in [-0.15, -0.1) is 5.10 Å². The summed E-state index contributed by atoms with van der Waals surface area (Å²) in [7, 11) is 0. The van der Waals surface area contributed by atoms with Gasteiger partial charge in [-0.2, -0.15) is 0 Å². The number of rotatable bonds is 5. The minimum Gasteiger partial charge on any atom is -0.339 e. The highest BCUT2D eigenvalue weighted by atomic mass is 35.5. The second kappa shape index (κ2) is 8.06. The summed E-state index contributed by atoms with van der Waals surface area (Å²) in [5.74, 6) is 0.0723.